The molecule has 6 heterocycles. The van der Waals surface area contributed by atoms with E-state index < -0.39 is 0 Å². The second-order valence-corrected chi connectivity index (χ2v) is 8.47. The quantitative estimate of drug-likeness (QED) is 0.418. The van der Waals surface area contributed by atoms with Crippen LogP contribution in [0.4, 0.5) is 0 Å². The first-order chi connectivity index (χ1) is 16.2. The van der Waals surface area contributed by atoms with Crippen molar-refractivity contribution in [3.63, 3.8) is 0 Å². The topological polar surface area (TPSA) is 78.2 Å². The molecule has 0 saturated heterocycles. The predicted octanol–water partition coefficient (Wildman–Crippen LogP) is 4.22. The first-order valence-electron chi connectivity index (χ1n) is 11.0. The van der Waals surface area contributed by atoms with Crippen molar-refractivity contribution in [3.8, 4) is 33.6 Å². The zero-order valence-corrected chi connectivity index (χ0v) is 18.0. The molecule has 0 atom stereocenters. The van der Waals surface area contributed by atoms with E-state index in [1.54, 1.807) is 17.2 Å². The van der Waals surface area contributed by atoms with Crippen LogP contribution in [0.25, 0.3) is 44.9 Å². The van der Waals surface area contributed by atoms with E-state index in [-0.39, 0.29) is 0 Å². The lowest BCUT2D eigenvalue weighted by Crippen LogP contribution is -1.99. The average Bonchev–Trinajstić information content (AvgIpc) is 3.62. The lowest BCUT2D eigenvalue weighted by atomic mass is 9.96. The molecule has 0 fully saturated rings. The van der Waals surface area contributed by atoms with E-state index in [0.29, 0.717) is 0 Å². The van der Waals surface area contributed by atoms with E-state index in [4.69, 9.17) is 4.98 Å². The first kappa shape index (κ1) is 18.3. The molecule has 0 bridgehead atoms. The molecule has 0 N–H and O–H groups in total. The molecule has 0 unspecified atom stereocenters. The Bertz CT molecular complexity index is 1670. The maximum atomic E-state index is 5.13. The number of nitrogens with zero attached hydrogens (tertiary/aromatic N) is 8. The van der Waals surface area contributed by atoms with Gasteiger partial charge >= 0.3 is 0 Å². The summed E-state index contributed by atoms with van der Waals surface area (Å²) < 4.78 is 5.99. The minimum Gasteiger partial charge on any atom is -0.327 e. The van der Waals surface area contributed by atoms with Crippen molar-refractivity contribution in [2.45, 2.75) is 26.3 Å². The summed E-state index contributed by atoms with van der Waals surface area (Å²) in [7, 11) is 0. The maximum Gasteiger partial charge on any atom is 0.155 e. The van der Waals surface area contributed by atoms with Gasteiger partial charge in [-0.15, -0.1) is 0 Å². The Balaban J connectivity index is 1.42. The summed E-state index contributed by atoms with van der Waals surface area (Å²) in [5.41, 5.74) is 9.48. The molecule has 8 heteroatoms. The van der Waals surface area contributed by atoms with Crippen LogP contribution in [0.2, 0.25) is 0 Å². The monoisotopic (exact) mass is 432 g/mol. The van der Waals surface area contributed by atoms with E-state index in [2.05, 4.69) is 62.0 Å². The van der Waals surface area contributed by atoms with Gasteiger partial charge in [0.25, 0.3) is 0 Å². The third-order valence-electron chi connectivity index (χ3n) is 6.48. The summed E-state index contributed by atoms with van der Waals surface area (Å²) in [5, 5.41) is 8.63. The summed E-state index contributed by atoms with van der Waals surface area (Å²) >= 11 is 0. The fourth-order valence-electron chi connectivity index (χ4n) is 4.81. The Morgan fingerprint density at radius 1 is 0.788 bits per heavy atom. The van der Waals surface area contributed by atoms with E-state index in [9.17, 15) is 0 Å². The Morgan fingerprint density at radius 2 is 1.48 bits per heavy atom. The van der Waals surface area contributed by atoms with E-state index in [1.807, 2.05) is 29.0 Å². The van der Waals surface area contributed by atoms with Gasteiger partial charge in [0.15, 0.2) is 11.3 Å². The number of aryl methyl sites for hydroxylation is 2. The number of benzene rings is 1. The van der Waals surface area contributed by atoms with Gasteiger partial charge in [-0.25, -0.2) is 24.0 Å². The summed E-state index contributed by atoms with van der Waals surface area (Å²) in [6.07, 6.45) is 9.35. The predicted molar refractivity (Wildman–Crippen MR) is 125 cm³/mol. The second-order valence-electron chi connectivity index (χ2n) is 8.47. The molecule has 33 heavy (non-hydrogen) atoms. The minimum absolute atomic E-state index is 0.836. The molecule has 0 radical (unpaired) electrons. The molecule has 7 rings (SSSR count). The number of fused-ring (bicyclic) bond motifs is 3. The highest BCUT2D eigenvalue weighted by Crippen LogP contribution is 2.38. The van der Waals surface area contributed by atoms with Gasteiger partial charge in [-0.2, -0.15) is 10.2 Å². The van der Waals surface area contributed by atoms with E-state index in [0.717, 1.165) is 70.1 Å². The van der Waals surface area contributed by atoms with Crippen molar-refractivity contribution in [1.82, 2.24) is 38.7 Å². The van der Waals surface area contributed by atoms with Crippen LogP contribution in [0.5, 0.6) is 0 Å². The summed E-state index contributed by atoms with van der Waals surface area (Å²) in [5.74, 6) is 1.15. The van der Waals surface area contributed by atoms with Gasteiger partial charge in [0.1, 0.15) is 18.5 Å². The van der Waals surface area contributed by atoms with Crippen molar-refractivity contribution in [1.29, 1.82) is 0 Å². The zero-order valence-electron chi connectivity index (χ0n) is 18.0. The van der Waals surface area contributed by atoms with Crippen molar-refractivity contribution in [2.75, 3.05) is 0 Å². The van der Waals surface area contributed by atoms with Gasteiger partial charge in [-0.3, -0.25) is 0 Å². The SMILES string of the molecule is Cc1ccc(-c2ccc3ncnn3c2)cc1-c1nc2n(c1-c1ccc3ncnn3c1)CCC2. The number of hydrogen-bond donors (Lipinski definition) is 0. The Kier molecular flexibility index (Phi) is 3.78. The highest BCUT2D eigenvalue weighted by molar-refractivity contribution is 5.83. The van der Waals surface area contributed by atoms with Crippen molar-refractivity contribution < 1.29 is 0 Å². The largest absolute Gasteiger partial charge is 0.327 e. The lowest BCUT2D eigenvalue weighted by molar-refractivity contribution is 0.755. The Labute approximate surface area is 189 Å². The summed E-state index contributed by atoms with van der Waals surface area (Å²) in [6, 6.07) is 14.8. The highest BCUT2D eigenvalue weighted by Gasteiger charge is 2.24. The summed E-state index contributed by atoms with van der Waals surface area (Å²) in [6.45, 7) is 3.13. The van der Waals surface area contributed by atoms with Crippen molar-refractivity contribution in [2.24, 2.45) is 0 Å². The van der Waals surface area contributed by atoms with E-state index in [1.165, 1.54) is 5.56 Å². The number of imidazole rings is 1. The summed E-state index contributed by atoms with van der Waals surface area (Å²) in [4.78, 5) is 13.7. The second kappa shape index (κ2) is 6.83. The van der Waals surface area contributed by atoms with Crippen molar-refractivity contribution in [3.05, 3.63) is 78.9 Å². The van der Waals surface area contributed by atoms with Crippen LogP contribution in [0.1, 0.15) is 17.8 Å². The third-order valence-corrected chi connectivity index (χ3v) is 6.48. The van der Waals surface area contributed by atoms with Crippen LogP contribution in [0, 0.1) is 6.92 Å². The molecule has 0 aliphatic carbocycles. The number of aromatic nitrogens is 8. The van der Waals surface area contributed by atoms with Crippen LogP contribution in [-0.4, -0.2) is 38.7 Å². The number of hydrogen-bond acceptors (Lipinski definition) is 5. The maximum absolute atomic E-state index is 5.13. The molecule has 0 saturated carbocycles. The van der Waals surface area contributed by atoms with Gasteiger partial charge < -0.3 is 4.57 Å². The van der Waals surface area contributed by atoms with Gasteiger partial charge in [0.2, 0.25) is 0 Å². The Hall–Kier alpha value is -4.33. The number of rotatable bonds is 3. The van der Waals surface area contributed by atoms with Gasteiger partial charge in [-0.1, -0.05) is 12.1 Å². The molecule has 6 aromatic rings. The normalized spacial score (nSPS) is 13.2. The smallest absolute Gasteiger partial charge is 0.155 e. The fourth-order valence-corrected chi connectivity index (χ4v) is 4.81. The molecular weight excluding hydrogens is 412 g/mol. The molecule has 8 nitrogen and oxygen atoms in total. The molecule has 5 aromatic heterocycles. The molecule has 160 valence electrons. The van der Waals surface area contributed by atoms with Crippen LogP contribution < -0.4 is 0 Å². The van der Waals surface area contributed by atoms with Gasteiger partial charge in [0.05, 0.1) is 11.4 Å². The average molecular weight is 432 g/mol. The molecular formula is C25H20N8. The first-order valence-corrected chi connectivity index (χ1v) is 11.0. The number of pyridine rings is 2. The lowest BCUT2D eigenvalue weighted by Gasteiger charge is -2.12. The molecule has 0 spiro atoms. The Morgan fingerprint density at radius 3 is 2.27 bits per heavy atom. The van der Waals surface area contributed by atoms with Crippen LogP contribution in [0.3, 0.4) is 0 Å². The van der Waals surface area contributed by atoms with Crippen LogP contribution in [0.15, 0.2) is 67.5 Å². The van der Waals surface area contributed by atoms with Gasteiger partial charge in [0, 0.05) is 42.0 Å². The molecule has 0 amide bonds. The third kappa shape index (κ3) is 2.80. The fraction of sp³-hybridized carbons (Fsp3) is 0.160. The van der Waals surface area contributed by atoms with Gasteiger partial charge in [-0.05, 0) is 54.8 Å². The molecule has 1 aliphatic heterocycles. The minimum atomic E-state index is 0.836. The standard InChI is InChI=1S/C25H20N8/c1-16-4-5-17(18-6-8-21-26-14-28-32(21)12-18)11-20(16)24-25(31-10-2-3-23(31)30-24)19-7-9-22-27-15-29-33(22)13-19/h4-9,11-15H,2-3,10H2,1H3. The molecule has 1 aliphatic rings. The van der Waals surface area contributed by atoms with E-state index >= 15 is 0 Å². The molecule has 1 aromatic carbocycles. The van der Waals surface area contributed by atoms with Crippen molar-refractivity contribution >= 4 is 11.3 Å². The van der Waals surface area contributed by atoms with Crippen LogP contribution in [-0.2, 0) is 13.0 Å². The highest BCUT2D eigenvalue weighted by atomic mass is 15.3. The zero-order chi connectivity index (χ0) is 21.9. The van der Waals surface area contributed by atoms with Crippen LogP contribution >= 0.6 is 0 Å².